The van der Waals surface area contributed by atoms with E-state index in [1.54, 1.807) is 0 Å². The molecule has 0 aliphatic carbocycles. The van der Waals surface area contributed by atoms with E-state index in [0.717, 1.165) is 0 Å². The number of halogens is 3. The van der Waals surface area contributed by atoms with Crippen LogP contribution in [-0.4, -0.2) is 23.0 Å². The first kappa shape index (κ1) is 27.0. The Bertz CT molecular complexity index is 598. The number of aryl methyl sites for hydroxylation is 2. The van der Waals surface area contributed by atoms with Crippen molar-refractivity contribution in [3.63, 3.8) is 0 Å². The molecule has 0 saturated carbocycles. The predicted molar refractivity (Wildman–Crippen MR) is 108 cm³/mol. The highest BCUT2D eigenvalue weighted by Crippen LogP contribution is 2.20. The number of hydrogen-bond acceptors (Lipinski definition) is 2. The molecule has 0 aliphatic heterocycles. The van der Waals surface area contributed by atoms with Gasteiger partial charge >= 0.3 is 15.6 Å². The zero-order valence-corrected chi connectivity index (χ0v) is 18.0. The minimum absolute atomic E-state index is 1.21. The van der Waals surface area contributed by atoms with Crippen LogP contribution in [0.15, 0.2) is 18.5 Å². The van der Waals surface area contributed by atoms with E-state index in [1.165, 1.54) is 89.2 Å². The van der Waals surface area contributed by atoms with Crippen molar-refractivity contribution in [3.05, 3.63) is 24.0 Å². The highest BCUT2D eigenvalue weighted by molar-refractivity contribution is 7.86. The summed E-state index contributed by atoms with van der Waals surface area (Å²) in [4.78, 5) is 0. The van der Waals surface area contributed by atoms with Gasteiger partial charge in [-0.2, -0.15) is 21.6 Å². The number of alkyl halides is 3. The van der Waals surface area contributed by atoms with Gasteiger partial charge in [-0.3, -0.25) is 4.55 Å². The van der Waals surface area contributed by atoms with E-state index in [4.69, 9.17) is 13.0 Å². The summed E-state index contributed by atoms with van der Waals surface area (Å²) < 4.78 is 59.9. The zero-order valence-electron chi connectivity index (χ0n) is 17.2. The second-order valence-corrected chi connectivity index (χ2v) is 8.52. The molecule has 0 amide bonds. The largest absolute Gasteiger partial charge is 0.522 e. The molecule has 1 N–H and O–H groups in total. The maximum atomic E-state index is 10.7. The number of rotatable bonds is 13. The number of aromatic nitrogens is 1. The Kier molecular flexibility index (Phi) is 14.4. The van der Waals surface area contributed by atoms with Gasteiger partial charge in [0.1, 0.15) is 0 Å². The zero-order chi connectivity index (χ0) is 21.5. The Morgan fingerprint density at radius 3 is 1.82 bits per heavy atom. The van der Waals surface area contributed by atoms with Gasteiger partial charge in [0.2, 0.25) is 0 Å². The van der Waals surface area contributed by atoms with Crippen molar-refractivity contribution in [1.82, 2.24) is 4.57 Å². The molecule has 0 saturated heterocycles. The normalized spacial score (nSPS) is 11.9. The van der Waals surface area contributed by atoms with E-state index in [2.05, 4.69) is 36.9 Å². The summed E-state index contributed by atoms with van der Waals surface area (Å²) in [6.45, 7) is 5.76. The van der Waals surface area contributed by atoms with E-state index in [0.29, 0.717) is 0 Å². The maximum Gasteiger partial charge on any atom is 0.522 e. The average molecular weight is 428 g/mol. The number of nitrogens with zero attached hydrogens (tertiary/aromatic N) is 1. The van der Waals surface area contributed by atoms with Gasteiger partial charge in [-0.1, -0.05) is 71.6 Å². The van der Waals surface area contributed by atoms with Crippen molar-refractivity contribution in [2.45, 2.75) is 103 Å². The summed E-state index contributed by atoms with van der Waals surface area (Å²) in [5.41, 5.74) is -4.02. The molecule has 0 atom stereocenters. The van der Waals surface area contributed by atoms with Gasteiger partial charge in [0.15, 0.2) is 0 Å². The molecule has 166 valence electrons. The molecule has 0 aromatic carbocycles. The van der Waals surface area contributed by atoms with Gasteiger partial charge in [-0.25, -0.2) is 0 Å². The highest BCUT2D eigenvalue weighted by atomic mass is 32.2. The first-order chi connectivity index (χ1) is 13.1. The van der Waals surface area contributed by atoms with Crippen molar-refractivity contribution in [3.8, 4) is 0 Å². The summed E-state index contributed by atoms with van der Waals surface area (Å²) >= 11 is 0. The lowest BCUT2D eigenvalue weighted by atomic mass is 10.1. The average Bonchev–Trinajstić information content (AvgIpc) is 3.05. The van der Waals surface area contributed by atoms with Crippen molar-refractivity contribution in [1.29, 1.82) is 0 Å². The topological polar surface area (TPSA) is 59.3 Å². The van der Waals surface area contributed by atoms with Gasteiger partial charge in [0, 0.05) is 18.9 Å². The molecule has 1 heterocycles. The Balaban J connectivity index is 0.000000769. The lowest BCUT2D eigenvalue weighted by Crippen LogP contribution is -2.21. The molecule has 0 aliphatic rings. The fourth-order valence-electron chi connectivity index (χ4n) is 2.76. The molecule has 1 rings (SSSR count). The van der Waals surface area contributed by atoms with E-state index < -0.39 is 15.6 Å². The molecule has 8 heteroatoms. The first-order valence-corrected chi connectivity index (χ1v) is 11.7. The lowest BCUT2D eigenvalue weighted by molar-refractivity contribution is -0.0510. The summed E-state index contributed by atoms with van der Waals surface area (Å²) in [6.07, 6.45) is 21.2. The molecule has 0 bridgehead atoms. The van der Waals surface area contributed by atoms with Crippen LogP contribution < -0.4 is 0 Å². The molecule has 0 spiro atoms. The van der Waals surface area contributed by atoms with E-state index >= 15 is 0 Å². The van der Waals surface area contributed by atoms with E-state index in [-0.39, 0.29) is 0 Å². The van der Waals surface area contributed by atoms with Gasteiger partial charge in [-0.15, -0.1) is 0 Å². The third-order valence-electron chi connectivity index (χ3n) is 4.44. The van der Waals surface area contributed by atoms with Crippen LogP contribution in [0.2, 0.25) is 0 Å². The van der Waals surface area contributed by atoms with Crippen molar-refractivity contribution in [2.24, 2.45) is 0 Å². The Hall–Kier alpha value is -1.02. The molecule has 0 unspecified atom stereocenters. The fraction of sp³-hybridized carbons (Fsp3) is 0.800. The van der Waals surface area contributed by atoms with E-state index in [1.807, 2.05) is 0 Å². The summed E-state index contributed by atoms with van der Waals surface area (Å²) in [5.74, 6) is 0. The molecular weight excluding hydrogens is 391 g/mol. The van der Waals surface area contributed by atoms with Gasteiger partial charge < -0.3 is 4.57 Å². The van der Waals surface area contributed by atoms with Crippen molar-refractivity contribution >= 4 is 10.1 Å². The molecule has 4 nitrogen and oxygen atoms in total. The Labute approximate surface area is 168 Å². The van der Waals surface area contributed by atoms with Crippen molar-refractivity contribution < 1.29 is 26.1 Å². The number of hydrogen-bond donors (Lipinski definition) is 1. The summed E-state index contributed by atoms with van der Waals surface area (Å²) in [7, 11) is -5.84. The van der Waals surface area contributed by atoms with Crippen LogP contribution in [0.4, 0.5) is 13.2 Å². The van der Waals surface area contributed by atoms with Crippen LogP contribution in [0, 0.1) is 0 Å². The summed E-state index contributed by atoms with van der Waals surface area (Å²) in [5, 5.41) is 0. The molecule has 0 radical (unpaired) electrons. The fourth-order valence-corrected chi connectivity index (χ4v) is 2.76. The summed E-state index contributed by atoms with van der Waals surface area (Å²) in [6, 6.07) is 2.30. The Morgan fingerprint density at radius 1 is 0.893 bits per heavy atom. The van der Waals surface area contributed by atoms with Crippen LogP contribution in [0.1, 0.15) is 90.0 Å². The van der Waals surface area contributed by atoms with Crippen LogP contribution in [-0.2, 0) is 23.1 Å². The quantitative estimate of drug-likeness (QED) is 0.215. The second-order valence-electron chi connectivity index (χ2n) is 7.11. The molecule has 0 fully saturated rings. The third-order valence-corrected chi connectivity index (χ3v) is 5.03. The molecular formula is C20H36F3NO3S. The minimum atomic E-state index is -5.84. The maximum absolute atomic E-state index is 10.7. The predicted octanol–water partition coefficient (Wildman–Crippen LogP) is 6.76. The van der Waals surface area contributed by atoms with Crippen LogP contribution >= 0.6 is 0 Å². The Morgan fingerprint density at radius 2 is 1.36 bits per heavy atom. The van der Waals surface area contributed by atoms with Gasteiger partial charge in [0.05, 0.1) is 0 Å². The molecule has 28 heavy (non-hydrogen) atoms. The van der Waals surface area contributed by atoms with Gasteiger partial charge in [0.25, 0.3) is 0 Å². The molecule has 1 aromatic rings. The molecule has 1 aromatic heterocycles. The SMILES string of the molecule is CCCCCCCCCCCn1ccc(CCCC)c1.O=S(=O)(O)C(F)(F)F. The van der Waals surface area contributed by atoms with Gasteiger partial charge in [-0.05, 0) is 30.9 Å². The third kappa shape index (κ3) is 14.0. The monoisotopic (exact) mass is 427 g/mol. The first-order valence-electron chi connectivity index (χ1n) is 10.3. The second kappa shape index (κ2) is 14.9. The van der Waals surface area contributed by atoms with Crippen LogP contribution in [0.5, 0.6) is 0 Å². The standard InChI is InChI=1S/C19H35N.CHF3O3S/c1-3-5-7-8-9-10-11-12-13-16-20-17-15-19(18-20)14-6-4-2;2-1(3,4)8(5,6)7/h15,17-18H,3-14,16H2,1-2H3;(H,5,6,7). The van der Waals surface area contributed by atoms with Crippen LogP contribution in [0.3, 0.4) is 0 Å². The lowest BCUT2D eigenvalue weighted by Gasteiger charge is -2.04. The van der Waals surface area contributed by atoms with E-state index in [9.17, 15) is 13.2 Å². The van der Waals surface area contributed by atoms with Crippen LogP contribution in [0.25, 0.3) is 0 Å². The minimum Gasteiger partial charge on any atom is -0.354 e. The van der Waals surface area contributed by atoms with Crippen molar-refractivity contribution in [2.75, 3.05) is 0 Å². The smallest absolute Gasteiger partial charge is 0.354 e. The number of unbranched alkanes of at least 4 members (excludes halogenated alkanes) is 9. The highest BCUT2D eigenvalue weighted by Gasteiger charge is 2.44.